The van der Waals surface area contributed by atoms with Crippen LogP contribution in [0.2, 0.25) is 0 Å². The number of amides is 2. The second kappa shape index (κ2) is 8.25. The standard InChI is InChI=1S/C17H19BrN2OS/c1-12(15-5-3-4-6-16(15)18)20-17(21)19-11-13-7-9-14(22-2)10-8-13/h3-10,12H,11H2,1-2H3,(H2,19,20,21). The van der Waals surface area contributed by atoms with Crippen LogP contribution in [0.5, 0.6) is 0 Å². The van der Waals surface area contributed by atoms with Crippen molar-refractivity contribution in [1.82, 2.24) is 10.6 Å². The van der Waals surface area contributed by atoms with Crippen molar-refractivity contribution in [3.8, 4) is 0 Å². The fourth-order valence-corrected chi connectivity index (χ4v) is 3.11. The van der Waals surface area contributed by atoms with Gasteiger partial charge in [-0.25, -0.2) is 4.79 Å². The summed E-state index contributed by atoms with van der Waals surface area (Å²) in [6, 6.07) is 15.8. The molecule has 2 amide bonds. The van der Waals surface area contributed by atoms with Gasteiger partial charge >= 0.3 is 6.03 Å². The SMILES string of the molecule is CSc1ccc(CNC(=O)NC(C)c2ccccc2Br)cc1. The van der Waals surface area contributed by atoms with Gasteiger partial charge in [0, 0.05) is 15.9 Å². The summed E-state index contributed by atoms with van der Waals surface area (Å²) in [5, 5.41) is 5.83. The molecule has 2 rings (SSSR count). The average molecular weight is 379 g/mol. The van der Waals surface area contributed by atoms with Crippen molar-refractivity contribution >= 4 is 33.7 Å². The van der Waals surface area contributed by atoms with E-state index < -0.39 is 0 Å². The molecular formula is C17H19BrN2OS. The third kappa shape index (κ3) is 4.78. The highest BCUT2D eigenvalue weighted by atomic mass is 79.9. The second-order valence-corrected chi connectivity index (χ2v) is 6.65. The van der Waals surface area contributed by atoms with Crippen LogP contribution in [0, 0.1) is 0 Å². The molecule has 0 fully saturated rings. The number of urea groups is 1. The highest BCUT2D eigenvalue weighted by Crippen LogP contribution is 2.22. The van der Waals surface area contributed by atoms with E-state index in [0.29, 0.717) is 6.54 Å². The van der Waals surface area contributed by atoms with Crippen molar-refractivity contribution in [2.24, 2.45) is 0 Å². The molecule has 0 saturated heterocycles. The normalized spacial score (nSPS) is 11.8. The summed E-state index contributed by atoms with van der Waals surface area (Å²) in [5.74, 6) is 0. The second-order valence-electron chi connectivity index (χ2n) is 4.92. The minimum Gasteiger partial charge on any atom is -0.334 e. The molecule has 3 nitrogen and oxygen atoms in total. The van der Waals surface area contributed by atoms with E-state index in [2.05, 4.69) is 38.7 Å². The maximum atomic E-state index is 12.0. The Bertz CT molecular complexity index is 631. The molecule has 0 bridgehead atoms. The first-order chi connectivity index (χ1) is 10.6. The molecule has 0 aromatic heterocycles. The quantitative estimate of drug-likeness (QED) is 0.738. The number of nitrogens with one attached hydrogen (secondary N) is 2. The van der Waals surface area contributed by atoms with Gasteiger partial charge in [0.25, 0.3) is 0 Å². The van der Waals surface area contributed by atoms with Crippen molar-refractivity contribution in [1.29, 1.82) is 0 Å². The highest BCUT2D eigenvalue weighted by Gasteiger charge is 2.11. The molecule has 0 aliphatic heterocycles. The first-order valence-electron chi connectivity index (χ1n) is 7.02. The Morgan fingerprint density at radius 2 is 1.86 bits per heavy atom. The van der Waals surface area contributed by atoms with E-state index in [4.69, 9.17) is 0 Å². The maximum Gasteiger partial charge on any atom is 0.315 e. The van der Waals surface area contributed by atoms with Gasteiger partial charge in [-0.1, -0.05) is 46.3 Å². The van der Waals surface area contributed by atoms with E-state index in [1.165, 1.54) is 4.90 Å². The molecule has 116 valence electrons. The molecule has 0 spiro atoms. The van der Waals surface area contributed by atoms with Crippen molar-refractivity contribution in [3.05, 3.63) is 64.1 Å². The zero-order chi connectivity index (χ0) is 15.9. The van der Waals surface area contributed by atoms with Gasteiger partial charge in [0.2, 0.25) is 0 Å². The lowest BCUT2D eigenvalue weighted by molar-refractivity contribution is 0.237. The average Bonchev–Trinajstić information content (AvgIpc) is 2.53. The van der Waals surface area contributed by atoms with Crippen molar-refractivity contribution in [3.63, 3.8) is 0 Å². The predicted octanol–water partition coefficient (Wildman–Crippen LogP) is 4.73. The number of rotatable bonds is 5. The minimum atomic E-state index is -0.169. The summed E-state index contributed by atoms with van der Waals surface area (Å²) in [5.41, 5.74) is 2.14. The topological polar surface area (TPSA) is 41.1 Å². The lowest BCUT2D eigenvalue weighted by Crippen LogP contribution is -2.36. The lowest BCUT2D eigenvalue weighted by atomic mass is 10.1. The summed E-state index contributed by atoms with van der Waals surface area (Å²) in [6.07, 6.45) is 2.05. The molecule has 1 unspecified atom stereocenters. The number of hydrogen-bond acceptors (Lipinski definition) is 2. The van der Waals surface area contributed by atoms with Crippen LogP contribution in [0.3, 0.4) is 0 Å². The predicted molar refractivity (Wildman–Crippen MR) is 96.2 cm³/mol. The molecule has 2 aromatic rings. The van der Waals surface area contributed by atoms with E-state index in [9.17, 15) is 4.79 Å². The largest absolute Gasteiger partial charge is 0.334 e. The van der Waals surface area contributed by atoms with Crippen LogP contribution in [0.25, 0.3) is 0 Å². The number of carbonyl (C=O) groups is 1. The zero-order valence-corrected chi connectivity index (χ0v) is 15.0. The number of halogens is 1. The molecule has 0 radical (unpaired) electrons. The highest BCUT2D eigenvalue weighted by molar-refractivity contribution is 9.10. The number of thioether (sulfide) groups is 1. The molecule has 22 heavy (non-hydrogen) atoms. The van der Waals surface area contributed by atoms with Gasteiger partial charge < -0.3 is 10.6 Å². The van der Waals surface area contributed by atoms with Gasteiger partial charge in [-0.3, -0.25) is 0 Å². The van der Waals surface area contributed by atoms with Crippen molar-refractivity contribution < 1.29 is 4.79 Å². The van der Waals surface area contributed by atoms with Crippen LogP contribution in [-0.2, 0) is 6.54 Å². The van der Waals surface area contributed by atoms with Crippen LogP contribution < -0.4 is 10.6 Å². The van der Waals surface area contributed by atoms with Gasteiger partial charge in [0.1, 0.15) is 0 Å². The van der Waals surface area contributed by atoms with Crippen LogP contribution in [0.15, 0.2) is 57.9 Å². The number of hydrogen-bond donors (Lipinski definition) is 2. The fraction of sp³-hybridized carbons (Fsp3) is 0.235. The smallest absolute Gasteiger partial charge is 0.315 e. The summed E-state index contributed by atoms with van der Waals surface area (Å²) in [7, 11) is 0. The van der Waals surface area contributed by atoms with Crippen LogP contribution >= 0.6 is 27.7 Å². The van der Waals surface area contributed by atoms with Gasteiger partial charge in [-0.2, -0.15) is 0 Å². The zero-order valence-electron chi connectivity index (χ0n) is 12.6. The fourth-order valence-electron chi connectivity index (χ4n) is 2.08. The van der Waals surface area contributed by atoms with E-state index in [1.807, 2.05) is 49.6 Å². The van der Waals surface area contributed by atoms with Crippen molar-refractivity contribution in [2.75, 3.05) is 6.26 Å². The molecule has 0 saturated carbocycles. The lowest BCUT2D eigenvalue weighted by Gasteiger charge is -2.16. The Morgan fingerprint density at radius 1 is 1.18 bits per heavy atom. The Hall–Kier alpha value is -1.46. The Kier molecular flexibility index (Phi) is 6.34. The first kappa shape index (κ1) is 16.9. The molecule has 0 heterocycles. The molecule has 0 aliphatic carbocycles. The molecule has 0 aliphatic rings. The Labute approximate surface area is 144 Å². The molecule has 1 atom stereocenters. The minimum absolute atomic E-state index is 0.0607. The summed E-state index contributed by atoms with van der Waals surface area (Å²) >= 11 is 5.21. The monoisotopic (exact) mass is 378 g/mol. The summed E-state index contributed by atoms with van der Waals surface area (Å²) in [6.45, 7) is 2.48. The third-order valence-corrected chi connectivity index (χ3v) is 4.80. The molecule has 2 N–H and O–H groups in total. The summed E-state index contributed by atoms with van der Waals surface area (Å²) < 4.78 is 0.996. The molecular weight excluding hydrogens is 360 g/mol. The third-order valence-electron chi connectivity index (χ3n) is 3.33. The van der Waals surface area contributed by atoms with Gasteiger partial charge in [-0.05, 0) is 42.5 Å². The van der Waals surface area contributed by atoms with Crippen LogP contribution in [0.4, 0.5) is 4.79 Å². The Morgan fingerprint density at radius 3 is 2.50 bits per heavy atom. The summed E-state index contributed by atoms with van der Waals surface area (Å²) in [4.78, 5) is 13.2. The van der Waals surface area contributed by atoms with E-state index in [1.54, 1.807) is 11.8 Å². The first-order valence-corrected chi connectivity index (χ1v) is 9.03. The number of carbonyl (C=O) groups excluding carboxylic acids is 1. The maximum absolute atomic E-state index is 12.0. The van der Waals surface area contributed by atoms with Gasteiger partial charge in [-0.15, -0.1) is 11.8 Å². The van der Waals surface area contributed by atoms with Gasteiger partial charge in [0.05, 0.1) is 6.04 Å². The molecule has 2 aromatic carbocycles. The van der Waals surface area contributed by atoms with Crippen molar-refractivity contribution in [2.45, 2.75) is 24.4 Å². The van der Waals surface area contributed by atoms with Gasteiger partial charge in [0.15, 0.2) is 0 Å². The van der Waals surface area contributed by atoms with Crippen LogP contribution in [-0.4, -0.2) is 12.3 Å². The molecule has 5 heteroatoms. The van der Waals surface area contributed by atoms with E-state index in [0.717, 1.165) is 15.6 Å². The van der Waals surface area contributed by atoms with Crippen LogP contribution in [0.1, 0.15) is 24.1 Å². The van der Waals surface area contributed by atoms with E-state index in [-0.39, 0.29) is 12.1 Å². The number of benzene rings is 2. The Balaban J connectivity index is 1.86. The van der Waals surface area contributed by atoms with E-state index >= 15 is 0 Å².